The van der Waals surface area contributed by atoms with Crippen molar-refractivity contribution in [1.82, 2.24) is 25.0 Å². The van der Waals surface area contributed by atoms with Crippen LogP contribution in [0.2, 0.25) is 0 Å². The van der Waals surface area contributed by atoms with Crippen molar-refractivity contribution in [1.29, 1.82) is 0 Å². The van der Waals surface area contributed by atoms with Gasteiger partial charge in [0.2, 0.25) is 11.8 Å². The molecule has 1 N–H and O–H groups in total. The van der Waals surface area contributed by atoms with Gasteiger partial charge in [-0.1, -0.05) is 42.4 Å². The van der Waals surface area contributed by atoms with Gasteiger partial charge in [-0.25, -0.2) is 0 Å². The molecule has 8 heteroatoms. The number of rotatable bonds is 8. The smallest absolute Gasteiger partial charge is 0.241 e. The summed E-state index contributed by atoms with van der Waals surface area (Å²) >= 11 is 1.33. The first kappa shape index (κ1) is 20.0. The van der Waals surface area contributed by atoms with Crippen LogP contribution in [0.25, 0.3) is 11.4 Å². The maximum atomic E-state index is 12.0. The van der Waals surface area contributed by atoms with Gasteiger partial charge < -0.3 is 14.8 Å². The van der Waals surface area contributed by atoms with Gasteiger partial charge in [-0.3, -0.25) is 9.59 Å². The average molecular weight is 375 g/mol. The Morgan fingerprint density at radius 2 is 2.04 bits per heavy atom. The minimum atomic E-state index is -0.201. The number of amides is 2. The van der Waals surface area contributed by atoms with Crippen LogP contribution in [0.15, 0.2) is 29.4 Å². The van der Waals surface area contributed by atoms with Crippen LogP contribution < -0.4 is 5.32 Å². The molecule has 0 saturated carbocycles. The Balaban J connectivity index is 2.05. The van der Waals surface area contributed by atoms with Crippen molar-refractivity contribution in [3.05, 3.63) is 29.8 Å². The first-order valence-corrected chi connectivity index (χ1v) is 9.50. The summed E-state index contributed by atoms with van der Waals surface area (Å²) in [6.45, 7) is 4.91. The van der Waals surface area contributed by atoms with Crippen LogP contribution in [0.3, 0.4) is 0 Å². The third-order valence-electron chi connectivity index (χ3n) is 3.71. The van der Waals surface area contributed by atoms with E-state index in [2.05, 4.69) is 28.5 Å². The van der Waals surface area contributed by atoms with Crippen molar-refractivity contribution in [2.24, 2.45) is 0 Å². The molecule has 1 aromatic carbocycles. The Bertz CT molecular complexity index is 773. The molecule has 2 amide bonds. The molecule has 140 valence electrons. The topological polar surface area (TPSA) is 80.1 Å². The molecule has 0 radical (unpaired) electrons. The SMILES string of the molecule is CCCn1c(SCC(=O)NCC(=O)N(C)C)nnc1-c1cccc(C)c1. The molecule has 0 unspecified atom stereocenters. The minimum Gasteiger partial charge on any atom is -0.347 e. The van der Waals surface area contributed by atoms with E-state index in [0.29, 0.717) is 5.16 Å². The van der Waals surface area contributed by atoms with E-state index in [-0.39, 0.29) is 24.1 Å². The number of thioether (sulfide) groups is 1. The summed E-state index contributed by atoms with van der Waals surface area (Å²) in [4.78, 5) is 24.9. The monoisotopic (exact) mass is 375 g/mol. The van der Waals surface area contributed by atoms with Crippen molar-refractivity contribution in [3.63, 3.8) is 0 Å². The summed E-state index contributed by atoms with van der Waals surface area (Å²) in [5.74, 6) is 0.657. The Labute approximate surface area is 158 Å². The van der Waals surface area contributed by atoms with Gasteiger partial charge in [0.25, 0.3) is 0 Å². The summed E-state index contributed by atoms with van der Waals surface area (Å²) in [7, 11) is 3.31. The zero-order chi connectivity index (χ0) is 19.1. The second-order valence-electron chi connectivity index (χ2n) is 6.18. The number of hydrogen-bond acceptors (Lipinski definition) is 5. The highest BCUT2D eigenvalue weighted by atomic mass is 32.2. The van der Waals surface area contributed by atoms with Gasteiger partial charge in [0.1, 0.15) is 0 Å². The third-order valence-corrected chi connectivity index (χ3v) is 4.68. The molecule has 0 spiro atoms. The fraction of sp³-hybridized carbons (Fsp3) is 0.444. The molecular formula is C18H25N5O2S. The average Bonchev–Trinajstić information content (AvgIpc) is 3.00. The molecule has 0 bridgehead atoms. The first-order valence-electron chi connectivity index (χ1n) is 8.52. The lowest BCUT2D eigenvalue weighted by atomic mass is 10.1. The van der Waals surface area contributed by atoms with Gasteiger partial charge in [-0.15, -0.1) is 10.2 Å². The van der Waals surface area contributed by atoms with Crippen LogP contribution >= 0.6 is 11.8 Å². The minimum absolute atomic E-state index is 0.00257. The fourth-order valence-corrected chi connectivity index (χ4v) is 3.13. The number of aromatic nitrogens is 3. The molecule has 0 aliphatic rings. The first-order chi connectivity index (χ1) is 12.4. The molecule has 0 aliphatic heterocycles. The molecule has 26 heavy (non-hydrogen) atoms. The lowest BCUT2D eigenvalue weighted by Gasteiger charge is -2.11. The summed E-state index contributed by atoms with van der Waals surface area (Å²) in [5, 5.41) is 11.9. The van der Waals surface area contributed by atoms with Crippen LogP contribution in [0.5, 0.6) is 0 Å². The molecule has 7 nitrogen and oxygen atoms in total. The van der Waals surface area contributed by atoms with E-state index in [1.54, 1.807) is 14.1 Å². The van der Waals surface area contributed by atoms with Gasteiger partial charge >= 0.3 is 0 Å². The second kappa shape index (κ2) is 9.38. The van der Waals surface area contributed by atoms with E-state index in [1.807, 2.05) is 29.7 Å². The molecular weight excluding hydrogens is 350 g/mol. The van der Waals surface area contributed by atoms with E-state index in [9.17, 15) is 9.59 Å². The largest absolute Gasteiger partial charge is 0.347 e. The number of likely N-dealkylation sites (N-methyl/N-ethyl adjacent to an activating group) is 1. The number of nitrogens with one attached hydrogen (secondary N) is 1. The summed E-state index contributed by atoms with van der Waals surface area (Å²) in [6, 6.07) is 8.12. The van der Waals surface area contributed by atoms with Crippen molar-refractivity contribution in [2.45, 2.75) is 32.0 Å². The van der Waals surface area contributed by atoms with Crippen LogP contribution in [0.1, 0.15) is 18.9 Å². The van der Waals surface area contributed by atoms with Gasteiger partial charge in [0.15, 0.2) is 11.0 Å². The Morgan fingerprint density at radius 1 is 1.27 bits per heavy atom. The van der Waals surface area contributed by atoms with Crippen LogP contribution in [0.4, 0.5) is 0 Å². The standard InChI is InChI=1S/C18H25N5O2S/c1-5-9-23-17(14-8-6-7-13(2)10-14)20-21-18(23)26-12-15(24)19-11-16(25)22(3)4/h6-8,10H,5,9,11-12H2,1-4H3,(H,19,24). The normalized spacial score (nSPS) is 10.6. The van der Waals surface area contributed by atoms with Gasteiger partial charge in [-0.05, 0) is 19.4 Å². The van der Waals surface area contributed by atoms with E-state index < -0.39 is 0 Å². The predicted octanol–water partition coefficient (Wildman–Crippen LogP) is 1.96. The van der Waals surface area contributed by atoms with Crippen molar-refractivity contribution < 1.29 is 9.59 Å². The van der Waals surface area contributed by atoms with Crippen molar-refractivity contribution >= 4 is 23.6 Å². The number of carbonyl (C=O) groups is 2. The maximum absolute atomic E-state index is 12.0. The molecule has 2 rings (SSSR count). The molecule has 0 saturated heterocycles. The Morgan fingerprint density at radius 3 is 2.69 bits per heavy atom. The Hall–Kier alpha value is -2.35. The van der Waals surface area contributed by atoms with E-state index in [1.165, 1.54) is 16.7 Å². The molecule has 1 heterocycles. The van der Waals surface area contributed by atoms with Crippen LogP contribution in [-0.2, 0) is 16.1 Å². The molecule has 0 aliphatic carbocycles. The van der Waals surface area contributed by atoms with Gasteiger partial charge in [0, 0.05) is 26.2 Å². The van der Waals surface area contributed by atoms with E-state index in [0.717, 1.165) is 29.9 Å². The fourth-order valence-electron chi connectivity index (χ4n) is 2.33. The van der Waals surface area contributed by atoms with E-state index in [4.69, 9.17) is 0 Å². The highest BCUT2D eigenvalue weighted by Crippen LogP contribution is 2.24. The number of aryl methyl sites for hydroxylation is 1. The van der Waals surface area contributed by atoms with E-state index >= 15 is 0 Å². The lowest BCUT2D eigenvalue weighted by Crippen LogP contribution is -2.37. The number of carbonyl (C=O) groups excluding carboxylic acids is 2. The molecule has 2 aromatic rings. The lowest BCUT2D eigenvalue weighted by molar-refractivity contribution is -0.130. The molecule has 0 atom stereocenters. The number of nitrogens with zero attached hydrogens (tertiary/aromatic N) is 4. The van der Waals surface area contributed by atoms with Crippen molar-refractivity contribution in [2.75, 3.05) is 26.4 Å². The second-order valence-corrected chi connectivity index (χ2v) is 7.12. The molecule has 0 fully saturated rings. The zero-order valence-electron chi connectivity index (χ0n) is 15.7. The highest BCUT2D eigenvalue weighted by Gasteiger charge is 2.15. The van der Waals surface area contributed by atoms with Gasteiger partial charge in [-0.2, -0.15) is 0 Å². The van der Waals surface area contributed by atoms with Crippen molar-refractivity contribution in [3.8, 4) is 11.4 Å². The highest BCUT2D eigenvalue weighted by molar-refractivity contribution is 7.99. The van der Waals surface area contributed by atoms with Gasteiger partial charge in [0.05, 0.1) is 12.3 Å². The maximum Gasteiger partial charge on any atom is 0.241 e. The third kappa shape index (κ3) is 5.32. The van der Waals surface area contributed by atoms with Crippen LogP contribution in [0, 0.1) is 6.92 Å². The quantitative estimate of drug-likeness (QED) is 0.714. The number of benzene rings is 1. The summed E-state index contributed by atoms with van der Waals surface area (Å²) in [6.07, 6.45) is 0.938. The number of hydrogen-bond donors (Lipinski definition) is 1. The summed E-state index contributed by atoms with van der Waals surface area (Å²) < 4.78 is 2.04. The van der Waals surface area contributed by atoms with Crippen LogP contribution in [-0.4, -0.2) is 57.9 Å². The zero-order valence-corrected chi connectivity index (χ0v) is 16.5. The Kier molecular flexibility index (Phi) is 7.20. The molecule has 1 aromatic heterocycles. The predicted molar refractivity (Wildman–Crippen MR) is 103 cm³/mol. The summed E-state index contributed by atoms with van der Waals surface area (Å²) in [5.41, 5.74) is 2.17.